The first-order valence-electron chi connectivity index (χ1n) is 8.45. The first kappa shape index (κ1) is 17.9. The van der Waals surface area contributed by atoms with E-state index in [0.717, 1.165) is 11.1 Å². The second-order valence-electron chi connectivity index (χ2n) is 6.02. The van der Waals surface area contributed by atoms with Gasteiger partial charge in [0, 0.05) is 24.8 Å². The highest BCUT2D eigenvalue weighted by molar-refractivity contribution is 6.04. The molecule has 3 rings (SSSR count). The van der Waals surface area contributed by atoms with Crippen molar-refractivity contribution in [1.29, 1.82) is 0 Å². The van der Waals surface area contributed by atoms with Crippen molar-refractivity contribution < 1.29 is 19.1 Å². The lowest BCUT2D eigenvalue weighted by Gasteiger charge is -2.25. The first-order chi connectivity index (χ1) is 12.7. The fourth-order valence-corrected chi connectivity index (χ4v) is 3.21. The number of nitrogens with zero attached hydrogens (tertiary/aromatic N) is 1. The zero-order chi connectivity index (χ0) is 18.5. The Morgan fingerprint density at radius 1 is 1.12 bits per heavy atom. The van der Waals surface area contributed by atoms with E-state index in [9.17, 15) is 9.59 Å². The van der Waals surface area contributed by atoms with E-state index in [2.05, 4.69) is 5.32 Å². The van der Waals surface area contributed by atoms with Crippen LogP contribution in [0.15, 0.2) is 48.5 Å². The van der Waals surface area contributed by atoms with Crippen LogP contribution in [-0.2, 0) is 16.1 Å². The molecule has 0 saturated heterocycles. The molecule has 0 radical (unpaired) electrons. The van der Waals surface area contributed by atoms with Crippen molar-refractivity contribution >= 4 is 11.8 Å². The molecule has 0 aliphatic carbocycles. The zero-order valence-corrected chi connectivity index (χ0v) is 14.9. The van der Waals surface area contributed by atoms with Gasteiger partial charge in [-0.1, -0.05) is 36.4 Å². The molecule has 2 aromatic carbocycles. The molecule has 6 nitrogen and oxygen atoms in total. The van der Waals surface area contributed by atoms with Gasteiger partial charge in [-0.05, 0) is 17.7 Å². The van der Waals surface area contributed by atoms with E-state index in [1.165, 1.54) is 0 Å². The third kappa shape index (κ3) is 3.41. The summed E-state index contributed by atoms with van der Waals surface area (Å²) in [4.78, 5) is 27.3. The number of benzene rings is 2. The van der Waals surface area contributed by atoms with E-state index in [1.54, 1.807) is 25.2 Å². The van der Waals surface area contributed by atoms with Crippen molar-refractivity contribution in [3.05, 3.63) is 65.2 Å². The van der Waals surface area contributed by atoms with Crippen LogP contribution in [-0.4, -0.2) is 44.1 Å². The average molecular weight is 354 g/mol. The monoisotopic (exact) mass is 354 g/mol. The molecule has 0 saturated carbocycles. The highest BCUT2D eigenvalue weighted by atomic mass is 16.5. The van der Waals surface area contributed by atoms with Crippen molar-refractivity contribution in [2.24, 2.45) is 0 Å². The molecule has 0 spiro atoms. The molecule has 1 N–H and O–H groups in total. The van der Waals surface area contributed by atoms with Crippen molar-refractivity contribution in [3.63, 3.8) is 0 Å². The molecule has 136 valence electrons. The number of carbonyl (C=O) groups excluding carboxylic acids is 2. The van der Waals surface area contributed by atoms with Crippen molar-refractivity contribution in [2.45, 2.75) is 12.6 Å². The number of para-hydroxylation sites is 1. The van der Waals surface area contributed by atoms with Crippen LogP contribution in [0.1, 0.15) is 27.5 Å². The summed E-state index contributed by atoms with van der Waals surface area (Å²) in [6, 6.07) is 14.1. The molecule has 2 aromatic rings. The standard InChI is InChI=1S/C20H22N2O4/c1-25-12-11-21-19(23)18-15-8-4-5-9-16(15)20(24)22(18)13-14-7-3-6-10-17(14)26-2/h3-10,18H,11-13H2,1-2H3,(H,21,23)/t18-/m0/s1. The molecule has 0 unspecified atom stereocenters. The van der Waals surface area contributed by atoms with Gasteiger partial charge in [0.1, 0.15) is 11.8 Å². The van der Waals surface area contributed by atoms with Crippen LogP contribution in [0.5, 0.6) is 5.75 Å². The maximum atomic E-state index is 12.9. The minimum Gasteiger partial charge on any atom is -0.496 e. The van der Waals surface area contributed by atoms with Gasteiger partial charge in [-0.15, -0.1) is 0 Å². The molecule has 1 aliphatic heterocycles. The van der Waals surface area contributed by atoms with Crippen LogP contribution in [0.25, 0.3) is 0 Å². The molecule has 26 heavy (non-hydrogen) atoms. The van der Waals surface area contributed by atoms with Gasteiger partial charge in [0.05, 0.1) is 20.3 Å². The van der Waals surface area contributed by atoms with Gasteiger partial charge in [0.2, 0.25) is 5.91 Å². The SMILES string of the molecule is COCCNC(=O)[C@@H]1c2ccccc2C(=O)N1Cc1ccccc1OC. The summed E-state index contributed by atoms with van der Waals surface area (Å²) in [5.41, 5.74) is 2.14. The summed E-state index contributed by atoms with van der Waals surface area (Å²) in [5, 5.41) is 2.84. The fraction of sp³-hybridized carbons (Fsp3) is 0.300. The number of methoxy groups -OCH3 is 2. The highest BCUT2D eigenvalue weighted by Gasteiger charge is 2.40. The van der Waals surface area contributed by atoms with Gasteiger partial charge in [-0.2, -0.15) is 0 Å². The summed E-state index contributed by atoms with van der Waals surface area (Å²) < 4.78 is 10.4. The number of carbonyl (C=O) groups is 2. The largest absolute Gasteiger partial charge is 0.496 e. The lowest BCUT2D eigenvalue weighted by atomic mass is 10.0. The van der Waals surface area contributed by atoms with Gasteiger partial charge in [-0.25, -0.2) is 0 Å². The van der Waals surface area contributed by atoms with Gasteiger partial charge in [0.25, 0.3) is 5.91 Å². The van der Waals surface area contributed by atoms with Gasteiger partial charge in [0.15, 0.2) is 0 Å². The summed E-state index contributed by atoms with van der Waals surface area (Å²) in [5.74, 6) is 0.323. The summed E-state index contributed by atoms with van der Waals surface area (Å²) >= 11 is 0. The Morgan fingerprint density at radius 2 is 1.85 bits per heavy atom. The Labute approximate surface area is 152 Å². The van der Waals surface area contributed by atoms with Crippen LogP contribution in [0.3, 0.4) is 0 Å². The summed E-state index contributed by atoms with van der Waals surface area (Å²) in [7, 11) is 3.17. The van der Waals surface area contributed by atoms with Gasteiger partial charge < -0.3 is 19.7 Å². The molecule has 0 bridgehead atoms. The molecular formula is C20H22N2O4. The van der Waals surface area contributed by atoms with Crippen LogP contribution < -0.4 is 10.1 Å². The maximum Gasteiger partial charge on any atom is 0.255 e. The Morgan fingerprint density at radius 3 is 2.62 bits per heavy atom. The number of ether oxygens (including phenoxy) is 2. The third-order valence-electron chi connectivity index (χ3n) is 4.45. The minimum absolute atomic E-state index is 0.154. The van der Waals surface area contributed by atoms with Crippen LogP contribution >= 0.6 is 0 Å². The van der Waals surface area contributed by atoms with E-state index in [1.807, 2.05) is 42.5 Å². The molecule has 1 atom stereocenters. The number of hydrogen-bond donors (Lipinski definition) is 1. The predicted molar refractivity (Wildman–Crippen MR) is 96.9 cm³/mol. The Bertz CT molecular complexity index is 806. The topological polar surface area (TPSA) is 67.9 Å². The Hall–Kier alpha value is -2.86. The summed E-state index contributed by atoms with van der Waals surface area (Å²) in [6.45, 7) is 1.10. The number of hydrogen-bond acceptors (Lipinski definition) is 4. The molecule has 2 amide bonds. The quantitative estimate of drug-likeness (QED) is 0.774. The Balaban J connectivity index is 1.91. The molecular weight excluding hydrogens is 332 g/mol. The predicted octanol–water partition coefficient (Wildman–Crippen LogP) is 2.15. The minimum atomic E-state index is -0.666. The fourth-order valence-electron chi connectivity index (χ4n) is 3.21. The smallest absolute Gasteiger partial charge is 0.255 e. The number of fused-ring (bicyclic) bond motifs is 1. The molecule has 0 aromatic heterocycles. The van der Waals surface area contributed by atoms with E-state index < -0.39 is 6.04 Å². The number of amides is 2. The van der Waals surface area contributed by atoms with E-state index in [-0.39, 0.29) is 11.8 Å². The lowest BCUT2D eigenvalue weighted by molar-refractivity contribution is -0.125. The van der Waals surface area contributed by atoms with Crippen LogP contribution in [0.2, 0.25) is 0 Å². The van der Waals surface area contributed by atoms with Crippen molar-refractivity contribution in [2.75, 3.05) is 27.4 Å². The highest BCUT2D eigenvalue weighted by Crippen LogP contribution is 2.36. The zero-order valence-electron chi connectivity index (χ0n) is 14.9. The van der Waals surface area contributed by atoms with Gasteiger partial charge >= 0.3 is 0 Å². The number of rotatable bonds is 7. The molecule has 1 heterocycles. The average Bonchev–Trinajstić information content (AvgIpc) is 2.95. The second kappa shape index (κ2) is 8.01. The number of nitrogens with one attached hydrogen (secondary N) is 1. The van der Waals surface area contributed by atoms with Crippen molar-refractivity contribution in [3.8, 4) is 5.75 Å². The van der Waals surface area contributed by atoms with E-state index >= 15 is 0 Å². The van der Waals surface area contributed by atoms with Crippen LogP contribution in [0, 0.1) is 0 Å². The normalized spacial score (nSPS) is 15.7. The van der Waals surface area contributed by atoms with E-state index in [0.29, 0.717) is 31.0 Å². The lowest BCUT2D eigenvalue weighted by Crippen LogP contribution is -2.39. The first-order valence-corrected chi connectivity index (χ1v) is 8.45. The van der Waals surface area contributed by atoms with Gasteiger partial charge in [-0.3, -0.25) is 9.59 Å². The summed E-state index contributed by atoms with van der Waals surface area (Å²) in [6.07, 6.45) is 0. The third-order valence-corrected chi connectivity index (χ3v) is 4.45. The molecule has 1 aliphatic rings. The van der Waals surface area contributed by atoms with Crippen molar-refractivity contribution in [1.82, 2.24) is 10.2 Å². The van der Waals surface area contributed by atoms with E-state index in [4.69, 9.17) is 9.47 Å². The molecule has 6 heteroatoms. The Kier molecular flexibility index (Phi) is 5.53. The molecule has 0 fully saturated rings. The second-order valence-corrected chi connectivity index (χ2v) is 6.02. The maximum absolute atomic E-state index is 12.9. The van der Waals surface area contributed by atoms with Crippen LogP contribution in [0.4, 0.5) is 0 Å².